The van der Waals surface area contributed by atoms with Crippen molar-refractivity contribution in [3.05, 3.63) is 163 Å². The predicted octanol–water partition coefficient (Wildman–Crippen LogP) is 7.79. The van der Waals surface area contributed by atoms with Crippen LogP contribution >= 0.6 is 0 Å². The lowest BCUT2D eigenvalue weighted by Crippen LogP contribution is -2.29. The molecule has 0 saturated carbocycles. The van der Waals surface area contributed by atoms with Gasteiger partial charge in [0, 0.05) is 17.0 Å². The molecular weight excluding hydrogens is 500 g/mol. The van der Waals surface area contributed by atoms with Crippen molar-refractivity contribution >= 4 is 32.8 Å². The minimum atomic E-state index is 0.825. The zero-order valence-corrected chi connectivity index (χ0v) is 22.4. The molecule has 194 valence electrons. The highest BCUT2D eigenvalue weighted by Gasteiger charge is 2.15. The van der Waals surface area contributed by atoms with E-state index >= 15 is 0 Å². The summed E-state index contributed by atoms with van der Waals surface area (Å²) in [6.07, 6.45) is 6.28. The third-order valence-electron chi connectivity index (χ3n) is 7.77. The zero-order valence-electron chi connectivity index (χ0n) is 22.4. The maximum atomic E-state index is 4.68. The molecule has 0 unspecified atom stereocenters. The zero-order chi connectivity index (χ0) is 27.2. The van der Waals surface area contributed by atoms with Gasteiger partial charge >= 0.3 is 0 Å². The Morgan fingerprint density at radius 1 is 0.585 bits per heavy atom. The molecule has 0 aliphatic heterocycles. The van der Waals surface area contributed by atoms with E-state index < -0.39 is 0 Å². The van der Waals surface area contributed by atoms with Crippen molar-refractivity contribution < 1.29 is 4.57 Å². The topological polar surface area (TPSA) is 26.6 Å². The number of pyridine rings is 1. The molecular formula is C37H26N4. The molecule has 0 amide bonds. The third-order valence-corrected chi connectivity index (χ3v) is 7.77. The number of benzene rings is 5. The summed E-state index contributed by atoms with van der Waals surface area (Å²) < 4.78 is 6.56. The van der Waals surface area contributed by atoms with Crippen LogP contribution in [0, 0.1) is 6.33 Å². The van der Waals surface area contributed by atoms with Gasteiger partial charge in [-0.15, -0.1) is 0 Å². The van der Waals surface area contributed by atoms with Crippen molar-refractivity contribution in [1.29, 1.82) is 0 Å². The average Bonchev–Trinajstić information content (AvgIpc) is 3.58. The van der Waals surface area contributed by atoms with Crippen LogP contribution in [-0.2, 0) is 6.42 Å². The van der Waals surface area contributed by atoms with Crippen LogP contribution in [0.2, 0.25) is 0 Å². The maximum absolute atomic E-state index is 4.68. The van der Waals surface area contributed by atoms with Crippen LogP contribution in [-0.4, -0.2) is 14.1 Å². The van der Waals surface area contributed by atoms with Gasteiger partial charge in [0.1, 0.15) is 5.82 Å². The van der Waals surface area contributed by atoms with Gasteiger partial charge in [-0.2, -0.15) is 0 Å². The second-order valence-corrected chi connectivity index (χ2v) is 10.3. The first-order chi connectivity index (χ1) is 20.3. The number of para-hydroxylation sites is 4. The van der Waals surface area contributed by atoms with E-state index in [4.69, 9.17) is 0 Å². The Balaban J connectivity index is 1.21. The van der Waals surface area contributed by atoms with Crippen LogP contribution in [0.25, 0.3) is 50.0 Å². The van der Waals surface area contributed by atoms with Crippen molar-refractivity contribution in [1.82, 2.24) is 14.1 Å². The minimum absolute atomic E-state index is 0.825. The number of fused-ring (bicyclic) bond motifs is 4. The molecule has 3 heterocycles. The highest BCUT2D eigenvalue weighted by atomic mass is 15.1. The van der Waals surface area contributed by atoms with E-state index in [2.05, 4.69) is 146 Å². The third kappa shape index (κ3) is 4.00. The number of imidazole rings is 1. The lowest BCUT2D eigenvalue weighted by Gasteiger charge is -2.09. The Kier molecular flexibility index (Phi) is 5.49. The maximum Gasteiger partial charge on any atom is 0.269 e. The molecule has 0 radical (unpaired) electrons. The van der Waals surface area contributed by atoms with E-state index in [1.807, 2.05) is 24.4 Å². The molecule has 0 bridgehead atoms. The number of hydrogen-bond acceptors (Lipinski definition) is 1. The highest BCUT2D eigenvalue weighted by Crippen LogP contribution is 2.32. The van der Waals surface area contributed by atoms with Crippen LogP contribution in [0.3, 0.4) is 0 Å². The summed E-state index contributed by atoms with van der Waals surface area (Å²) in [7, 11) is 0. The van der Waals surface area contributed by atoms with E-state index in [1.165, 1.54) is 32.9 Å². The Hall–Kier alpha value is -5.48. The summed E-state index contributed by atoms with van der Waals surface area (Å²) in [5.41, 5.74) is 9.28. The molecule has 0 saturated heterocycles. The molecule has 3 aromatic heterocycles. The van der Waals surface area contributed by atoms with Crippen LogP contribution < -0.4 is 4.57 Å². The molecule has 4 nitrogen and oxygen atoms in total. The van der Waals surface area contributed by atoms with Crippen molar-refractivity contribution in [3.8, 4) is 17.2 Å². The van der Waals surface area contributed by atoms with Gasteiger partial charge in [-0.25, -0.2) is 4.98 Å². The number of nitrogens with zero attached hydrogens (tertiary/aromatic N) is 4. The van der Waals surface area contributed by atoms with Gasteiger partial charge < -0.3 is 0 Å². The summed E-state index contributed by atoms with van der Waals surface area (Å²) in [5.74, 6) is 0.930. The standard InChI is InChI=1S/C37H26N4/c1-2-12-29(13-3-1)39-26-40(35-18-7-6-17-34(35)39)30-14-10-11-27(24-30)23-28-20-21-32-31-15-4-5-16-33(31)41(36(32)25-28)37-19-8-9-22-38-37/h1-22,24-25H,23H2. The molecule has 0 aliphatic carbocycles. The van der Waals surface area contributed by atoms with Crippen LogP contribution in [0.15, 0.2) is 146 Å². The van der Waals surface area contributed by atoms with Gasteiger partial charge in [0.15, 0.2) is 0 Å². The lowest BCUT2D eigenvalue weighted by atomic mass is 10.0. The van der Waals surface area contributed by atoms with E-state index in [0.717, 1.165) is 34.6 Å². The Bertz CT molecular complexity index is 2170. The normalized spacial score (nSPS) is 11.5. The van der Waals surface area contributed by atoms with Crippen LogP contribution in [0.4, 0.5) is 0 Å². The Morgan fingerprint density at radius 3 is 2.22 bits per heavy atom. The minimum Gasteiger partial charge on any atom is -0.294 e. The van der Waals surface area contributed by atoms with Crippen LogP contribution in [0.1, 0.15) is 11.1 Å². The molecule has 0 atom stereocenters. The van der Waals surface area contributed by atoms with Gasteiger partial charge in [-0.05, 0) is 66.1 Å². The first-order valence-corrected chi connectivity index (χ1v) is 13.9. The van der Waals surface area contributed by atoms with Gasteiger partial charge in [0.2, 0.25) is 0 Å². The van der Waals surface area contributed by atoms with Crippen molar-refractivity contribution in [2.24, 2.45) is 0 Å². The van der Waals surface area contributed by atoms with Gasteiger partial charge in [0.05, 0.1) is 33.4 Å². The second kappa shape index (κ2) is 9.61. The fourth-order valence-electron chi connectivity index (χ4n) is 5.92. The van der Waals surface area contributed by atoms with Crippen LogP contribution in [0.5, 0.6) is 0 Å². The van der Waals surface area contributed by atoms with Crippen molar-refractivity contribution in [2.75, 3.05) is 0 Å². The van der Waals surface area contributed by atoms with E-state index in [1.54, 1.807) is 0 Å². The summed E-state index contributed by atoms with van der Waals surface area (Å²) in [6, 6.07) is 49.1. The largest absolute Gasteiger partial charge is 0.294 e. The highest BCUT2D eigenvalue weighted by molar-refractivity contribution is 6.09. The Labute approximate surface area is 238 Å². The van der Waals surface area contributed by atoms with Gasteiger partial charge in [-0.1, -0.05) is 91.0 Å². The molecule has 0 spiro atoms. The summed E-state index contributed by atoms with van der Waals surface area (Å²) >= 11 is 0. The fourth-order valence-corrected chi connectivity index (χ4v) is 5.92. The summed E-state index contributed by atoms with van der Waals surface area (Å²) in [6.45, 7) is 0. The van der Waals surface area contributed by atoms with Crippen molar-refractivity contribution in [2.45, 2.75) is 6.42 Å². The van der Waals surface area contributed by atoms with Gasteiger partial charge in [-0.3, -0.25) is 13.7 Å². The average molecular weight is 527 g/mol. The summed E-state index contributed by atoms with van der Waals surface area (Å²) in [5, 5.41) is 2.48. The van der Waals surface area contributed by atoms with Crippen molar-refractivity contribution in [3.63, 3.8) is 0 Å². The SMILES string of the molecule is [c-]1n(-c2cccc(Cc3ccc4c5ccccc5n(-c5ccccn5)c4c3)c2)c2ccccc2[n+]1-c1ccccc1. The molecule has 8 aromatic rings. The van der Waals surface area contributed by atoms with E-state index in [0.29, 0.717) is 0 Å². The molecule has 0 aliphatic rings. The summed E-state index contributed by atoms with van der Waals surface area (Å²) in [4.78, 5) is 4.68. The lowest BCUT2D eigenvalue weighted by molar-refractivity contribution is -0.572. The second-order valence-electron chi connectivity index (χ2n) is 10.3. The van der Waals surface area contributed by atoms with E-state index in [9.17, 15) is 0 Å². The number of aromatic nitrogens is 4. The Morgan fingerprint density at radius 2 is 1.34 bits per heavy atom. The molecule has 4 heteroatoms. The quantitative estimate of drug-likeness (QED) is 0.166. The molecule has 41 heavy (non-hydrogen) atoms. The number of rotatable bonds is 5. The predicted molar refractivity (Wildman–Crippen MR) is 165 cm³/mol. The number of hydrogen-bond donors (Lipinski definition) is 0. The smallest absolute Gasteiger partial charge is 0.269 e. The van der Waals surface area contributed by atoms with Gasteiger partial charge in [0.25, 0.3) is 6.33 Å². The molecule has 0 N–H and O–H groups in total. The monoisotopic (exact) mass is 526 g/mol. The fraction of sp³-hybridized carbons (Fsp3) is 0.0270. The first-order valence-electron chi connectivity index (χ1n) is 13.9. The van der Waals surface area contributed by atoms with E-state index in [-0.39, 0.29) is 0 Å². The molecule has 5 aromatic carbocycles. The molecule has 0 fully saturated rings. The molecule has 8 rings (SSSR count). The first kappa shape index (κ1) is 23.4.